The molecule has 4 rings (SSSR count). The SMILES string of the molecule is CCOC(=O)c1c(OC)cc(-c2ccc3ccccc3n2)n(Cc2ccccc2)c1=O. The van der Waals surface area contributed by atoms with Gasteiger partial charge in [0.15, 0.2) is 5.56 Å². The number of para-hydroxylation sites is 1. The van der Waals surface area contributed by atoms with Crippen molar-refractivity contribution in [2.45, 2.75) is 13.5 Å². The van der Waals surface area contributed by atoms with Crippen LogP contribution in [0.3, 0.4) is 0 Å². The molecule has 0 bridgehead atoms. The van der Waals surface area contributed by atoms with E-state index in [9.17, 15) is 9.59 Å². The zero-order valence-electron chi connectivity index (χ0n) is 17.4. The normalized spacial score (nSPS) is 10.8. The van der Waals surface area contributed by atoms with E-state index in [1.165, 1.54) is 7.11 Å². The van der Waals surface area contributed by atoms with Crippen LogP contribution in [0.4, 0.5) is 0 Å². The van der Waals surface area contributed by atoms with Gasteiger partial charge in [-0.05, 0) is 24.6 Å². The minimum absolute atomic E-state index is 0.121. The number of nitrogens with zero attached hydrogens (tertiary/aromatic N) is 2. The predicted octanol–water partition coefficient (Wildman–Crippen LogP) is 4.30. The van der Waals surface area contributed by atoms with Crippen molar-refractivity contribution in [3.63, 3.8) is 0 Å². The lowest BCUT2D eigenvalue weighted by atomic mass is 10.1. The Kier molecular flexibility index (Phi) is 5.80. The van der Waals surface area contributed by atoms with E-state index in [1.807, 2.05) is 66.7 Å². The first-order valence-electron chi connectivity index (χ1n) is 10.0. The molecule has 0 saturated carbocycles. The second-order valence-electron chi connectivity index (χ2n) is 6.96. The predicted molar refractivity (Wildman–Crippen MR) is 119 cm³/mol. The van der Waals surface area contributed by atoms with Crippen molar-refractivity contribution in [1.82, 2.24) is 9.55 Å². The summed E-state index contributed by atoms with van der Waals surface area (Å²) in [7, 11) is 1.43. The summed E-state index contributed by atoms with van der Waals surface area (Å²) < 4.78 is 12.1. The van der Waals surface area contributed by atoms with Gasteiger partial charge in [0.2, 0.25) is 0 Å². The van der Waals surface area contributed by atoms with Crippen LogP contribution in [0.1, 0.15) is 22.8 Å². The van der Waals surface area contributed by atoms with E-state index in [4.69, 9.17) is 14.5 Å². The van der Waals surface area contributed by atoms with Crippen LogP contribution < -0.4 is 10.3 Å². The van der Waals surface area contributed by atoms with Crippen LogP contribution in [-0.2, 0) is 11.3 Å². The van der Waals surface area contributed by atoms with Crippen molar-refractivity contribution in [2.24, 2.45) is 0 Å². The third kappa shape index (κ3) is 4.05. The van der Waals surface area contributed by atoms with Gasteiger partial charge in [-0.3, -0.25) is 4.79 Å². The van der Waals surface area contributed by atoms with Crippen LogP contribution >= 0.6 is 0 Å². The van der Waals surface area contributed by atoms with E-state index in [-0.39, 0.29) is 24.5 Å². The number of hydrogen-bond acceptors (Lipinski definition) is 5. The van der Waals surface area contributed by atoms with Crippen LogP contribution in [0.2, 0.25) is 0 Å². The van der Waals surface area contributed by atoms with Gasteiger partial charge >= 0.3 is 5.97 Å². The van der Waals surface area contributed by atoms with Gasteiger partial charge in [-0.15, -0.1) is 0 Å². The monoisotopic (exact) mass is 414 g/mol. The van der Waals surface area contributed by atoms with Crippen LogP contribution in [0, 0.1) is 0 Å². The third-order valence-electron chi connectivity index (χ3n) is 5.01. The Bertz CT molecular complexity index is 1300. The van der Waals surface area contributed by atoms with Gasteiger partial charge in [-0.25, -0.2) is 9.78 Å². The number of pyridine rings is 2. The molecular formula is C25H22N2O4. The smallest absolute Gasteiger partial charge is 0.347 e. The number of methoxy groups -OCH3 is 1. The first kappa shape index (κ1) is 20.3. The lowest BCUT2D eigenvalue weighted by Crippen LogP contribution is -2.30. The lowest BCUT2D eigenvalue weighted by molar-refractivity contribution is 0.0519. The quantitative estimate of drug-likeness (QED) is 0.440. The standard InChI is InChI=1S/C25H22N2O4/c1-3-31-25(29)23-22(30-2)15-21(20-14-13-18-11-7-8-12-19(18)26-20)27(24(23)28)16-17-9-5-4-6-10-17/h4-15H,3,16H2,1-2H3. The van der Waals surface area contributed by atoms with Crippen LogP contribution in [-0.4, -0.2) is 29.2 Å². The van der Waals surface area contributed by atoms with Crippen molar-refractivity contribution < 1.29 is 14.3 Å². The van der Waals surface area contributed by atoms with Crippen LogP contribution in [0.5, 0.6) is 5.75 Å². The molecule has 0 atom stereocenters. The summed E-state index contributed by atoms with van der Waals surface area (Å²) in [6.45, 7) is 2.13. The van der Waals surface area contributed by atoms with Gasteiger partial charge in [0.1, 0.15) is 5.75 Å². The largest absolute Gasteiger partial charge is 0.496 e. The van der Waals surface area contributed by atoms with Crippen molar-refractivity contribution >= 4 is 16.9 Å². The van der Waals surface area contributed by atoms with Gasteiger partial charge in [0, 0.05) is 11.5 Å². The highest BCUT2D eigenvalue weighted by molar-refractivity contribution is 5.93. The van der Waals surface area contributed by atoms with Crippen molar-refractivity contribution in [3.05, 3.63) is 94.3 Å². The molecule has 2 heterocycles. The molecule has 0 spiro atoms. The number of aromatic nitrogens is 2. The molecule has 2 aromatic carbocycles. The molecule has 156 valence electrons. The van der Waals surface area contributed by atoms with Gasteiger partial charge in [-0.2, -0.15) is 0 Å². The second-order valence-corrected chi connectivity index (χ2v) is 6.96. The molecule has 6 heteroatoms. The highest BCUT2D eigenvalue weighted by atomic mass is 16.5. The molecule has 0 saturated heterocycles. The molecule has 0 aliphatic heterocycles. The van der Waals surface area contributed by atoms with Gasteiger partial charge in [0.05, 0.1) is 37.2 Å². The molecule has 0 amide bonds. The number of rotatable bonds is 6. The van der Waals surface area contributed by atoms with E-state index >= 15 is 0 Å². The van der Waals surface area contributed by atoms with Crippen molar-refractivity contribution in [1.29, 1.82) is 0 Å². The summed E-state index contributed by atoms with van der Waals surface area (Å²) in [4.78, 5) is 30.8. The van der Waals surface area contributed by atoms with E-state index < -0.39 is 11.5 Å². The molecule has 0 radical (unpaired) electrons. The van der Waals surface area contributed by atoms with Gasteiger partial charge in [-0.1, -0.05) is 54.6 Å². The molecule has 0 unspecified atom stereocenters. The number of carbonyl (C=O) groups excluding carboxylic acids is 1. The van der Waals surface area contributed by atoms with Crippen LogP contribution in [0.15, 0.2) is 77.6 Å². The third-order valence-corrected chi connectivity index (χ3v) is 5.01. The summed E-state index contributed by atoms with van der Waals surface area (Å²) >= 11 is 0. The molecule has 0 fully saturated rings. The molecule has 0 aliphatic rings. The Morgan fingerprint density at radius 3 is 2.48 bits per heavy atom. The zero-order chi connectivity index (χ0) is 21.8. The summed E-state index contributed by atoms with van der Waals surface area (Å²) in [6, 6.07) is 22.8. The summed E-state index contributed by atoms with van der Waals surface area (Å²) in [5.74, 6) is -0.540. The number of esters is 1. The fourth-order valence-electron chi connectivity index (χ4n) is 3.52. The summed E-state index contributed by atoms with van der Waals surface area (Å²) in [5.41, 5.74) is 2.31. The average Bonchev–Trinajstić information content (AvgIpc) is 2.80. The first-order valence-corrected chi connectivity index (χ1v) is 10.0. The summed E-state index contributed by atoms with van der Waals surface area (Å²) in [6.07, 6.45) is 0. The van der Waals surface area contributed by atoms with Crippen LogP contribution in [0.25, 0.3) is 22.3 Å². The van der Waals surface area contributed by atoms with E-state index in [2.05, 4.69) is 0 Å². The summed E-state index contributed by atoms with van der Waals surface area (Å²) in [5, 5.41) is 0.998. The zero-order valence-corrected chi connectivity index (χ0v) is 17.4. The molecular weight excluding hydrogens is 392 g/mol. The Labute approximate surface area is 179 Å². The fraction of sp³-hybridized carbons (Fsp3) is 0.160. The van der Waals surface area contributed by atoms with Gasteiger partial charge < -0.3 is 14.0 Å². The maximum absolute atomic E-state index is 13.5. The highest BCUT2D eigenvalue weighted by Gasteiger charge is 2.24. The van der Waals surface area contributed by atoms with Gasteiger partial charge in [0.25, 0.3) is 5.56 Å². The van der Waals surface area contributed by atoms with Crippen molar-refractivity contribution in [3.8, 4) is 17.1 Å². The van der Waals surface area contributed by atoms with Crippen molar-refractivity contribution in [2.75, 3.05) is 13.7 Å². The molecule has 0 N–H and O–H groups in total. The number of benzene rings is 2. The molecule has 0 aliphatic carbocycles. The number of hydrogen-bond donors (Lipinski definition) is 0. The molecule has 6 nitrogen and oxygen atoms in total. The highest BCUT2D eigenvalue weighted by Crippen LogP contribution is 2.27. The maximum Gasteiger partial charge on any atom is 0.347 e. The Hall–Kier alpha value is -3.93. The second kappa shape index (κ2) is 8.83. The Morgan fingerprint density at radius 1 is 1.00 bits per heavy atom. The average molecular weight is 414 g/mol. The number of carbonyl (C=O) groups is 1. The topological polar surface area (TPSA) is 70.4 Å². The maximum atomic E-state index is 13.5. The minimum atomic E-state index is -0.704. The minimum Gasteiger partial charge on any atom is -0.496 e. The number of ether oxygens (including phenoxy) is 2. The Balaban J connectivity index is 1.96. The van der Waals surface area contributed by atoms with E-state index in [1.54, 1.807) is 17.6 Å². The van der Waals surface area contributed by atoms with E-state index in [0.29, 0.717) is 11.4 Å². The lowest BCUT2D eigenvalue weighted by Gasteiger charge is -2.17. The molecule has 31 heavy (non-hydrogen) atoms. The first-order chi connectivity index (χ1) is 15.1. The molecule has 4 aromatic rings. The number of fused-ring (bicyclic) bond motifs is 1. The fourth-order valence-corrected chi connectivity index (χ4v) is 3.52. The Morgan fingerprint density at radius 2 is 1.74 bits per heavy atom. The molecule has 2 aromatic heterocycles. The van der Waals surface area contributed by atoms with E-state index in [0.717, 1.165) is 16.5 Å².